The average Bonchev–Trinajstić information content (AvgIpc) is 2.72. The van der Waals surface area contributed by atoms with Gasteiger partial charge in [-0.1, -0.05) is 36.4 Å². The molecule has 1 unspecified atom stereocenters. The predicted octanol–water partition coefficient (Wildman–Crippen LogP) is 2.71. The summed E-state index contributed by atoms with van der Waals surface area (Å²) in [5, 5.41) is 13.7. The fraction of sp³-hybridized carbons (Fsp3) is 0.435. The Morgan fingerprint density at radius 2 is 1.82 bits per heavy atom. The van der Waals surface area contributed by atoms with Crippen LogP contribution in [0.5, 0.6) is 0 Å². The minimum atomic E-state index is -0.518. The number of aliphatic imine (C=N–C) groups is 1. The number of aryl methyl sites for hydroxylation is 1. The van der Waals surface area contributed by atoms with Crippen molar-refractivity contribution < 1.29 is 5.11 Å². The van der Waals surface area contributed by atoms with Crippen LogP contribution in [0.1, 0.15) is 35.1 Å². The van der Waals surface area contributed by atoms with E-state index in [1.807, 2.05) is 0 Å². The van der Waals surface area contributed by atoms with Crippen LogP contribution in [-0.4, -0.2) is 41.7 Å². The van der Waals surface area contributed by atoms with Gasteiger partial charge in [-0.2, -0.15) is 0 Å². The molecule has 0 aromatic heterocycles. The van der Waals surface area contributed by atoms with Crippen molar-refractivity contribution in [1.29, 1.82) is 0 Å². The molecule has 0 saturated heterocycles. The van der Waals surface area contributed by atoms with Crippen LogP contribution in [0.2, 0.25) is 0 Å². The van der Waals surface area contributed by atoms with Gasteiger partial charge in [0.25, 0.3) is 0 Å². The van der Waals surface area contributed by atoms with Crippen molar-refractivity contribution in [2.24, 2.45) is 10.7 Å². The lowest BCUT2D eigenvalue weighted by atomic mass is 9.90. The van der Waals surface area contributed by atoms with E-state index >= 15 is 0 Å². The number of hydrogen-bond acceptors (Lipinski definition) is 3. The summed E-state index contributed by atoms with van der Waals surface area (Å²) in [5.41, 5.74) is 12.7. The molecule has 0 bridgehead atoms. The second-order valence-corrected chi connectivity index (χ2v) is 7.91. The number of nitrogens with zero attached hydrogens (tertiary/aromatic N) is 2. The third-order valence-corrected chi connectivity index (χ3v) is 5.81. The molecule has 0 spiro atoms. The van der Waals surface area contributed by atoms with Crippen molar-refractivity contribution in [2.75, 3.05) is 25.0 Å². The molecule has 2 aliphatic rings. The fourth-order valence-electron chi connectivity index (χ4n) is 4.35. The van der Waals surface area contributed by atoms with Gasteiger partial charge in [0.05, 0.1) is 12.6 Å². The lowest BCUT2D eigenvalue weighted by Crippen LogP contribution is -2.38. The van der Waals surface area contributed by atoms with Gasteiger partial charge in [0.1, 0.15) is 0 Å². The van der Waals surface area contributed by atoms with E-state index in [0.29, 0.717) is 19.0 Å². The van der Waals surface area contributed by atoms with E-state index in [-0.39, 0.29) is 0 Å². The number of nitrogens with one attached hydrogen (secondary N) is 1. The fourth-order valence-corrected chi connectivity index (χ4v) is 4.35. The van der Waals surface area contributed by atoms with E-state index in [0.717, 1.165) is 38.0 Å². The third-order valence-electron chi connectivity index (χ3n) is 5.81. The lowest BCUT2D eigenvalue weighted by Gasteiger charge is -2.30. The summed E-state index contributed by atoms with van der Waals surface area (Å²) in [6, 6.07) is 14.9. The van der Waals surface area contributed by atoms with Gasteiger partial charge < -0.3 is 16.2 Å². The SMILES string of the molecule is NC(=NCC(O)CN1CCc2ccccc2C1)Nc1cccc2c1CCCC2. The third kappa shape index (κ3) is 4.54. The molecular weight excluding hydrogens is 348 g/mol. The van der Waals surface area contributed by atoms with Gasteiger partial charge in [-0.15, -0.1) is 0 Å². The minimum Gasteiger partial charge on any atom is -0.390 e. The summed E-state index contributed by atoms with van der Waals surface area (Å²) in [5.74, 6) is 0.377. The van der Waals surface area contributed by atoms with E-state index in [2.05, 4.69) is 57.7 Å². The monoisotopic (exact) mass is 378 g/mol. The number of guanidine groups is 1. The molecule has 2 aromatic rings. The van der Waals surface area contributed by atoms with E-state index in [4.69, 9.17) is 5.73 Å². The number of rotatable bonds is 5. The van der Waals surface area contributed by atoms with Gasteiger partial charge in [-0.05, 0) is 60.4 Å². The topological polar surface area (TPSA) is 73.9 Å². The molecular formula is C23H30N4O. The number of fused-ring (bicyclic) bond motifs is 2. The summed E-state index contributed by atoms with van der Waals surface area (Å²) < 4.78 is 0. The number of β-amino-alcohol motifs (C(OH)–C–C–N with tert-alkyl or cyclic N) is 1. The van der Waals surface area contributed by atoms with Crippen molar-refractivity contribution in [3.8, 4) is 0 Å². The van der Waals surface area contributed by atoms with Gasteiger partial charge >= 0.3 is 0 Å². The maximum atomic E-state index is 10.4. The highest BCUT2D eigenvalue weighted by molar-refractivity contribution is 5.93. The molecule has 5 nitrogen and oxygen atoms in total. The molecule has 4 N–H and O–H groups in total. The molecule has 1 aliphatic heterocycles. The first-order chi connectivity index (χ1) is 13.7. The van der Waals surface area contributed by atoms with E-state index in [1.54, 1.807) is 0 Å². The molecule has 28 heavy (non-hydrogen) atoms. The molecule has 1 heterocycles. The van der Waals surface area contributed by atoms with E-state index < -0.39 is 6.10 Å². The van der Waals surface area contributed by atoms with Crippen LogP contribution in [0, 0.1) is 0 Å². The van der Waals surface area contributed by atoms with Crippen LogP contribution >= 0.6 is 0 Å². The summed E-state index contributed by atoms with van der Waals surface area (Å²) in [6.07, 6.45) is 5.22. The molecule has 4 rings (SSSR count). The van der Waals surface area contributed by atoms with E-state index in [1.165, 1.54) is 35.1 Å². The minimum absolute atomic E-state index is 0.312. The standard InChI is InChI=1S/C23H30N4O/c24-23(26-22-11-5-9-18-7-3-4-10-21(18)22)25-14-20(28)16-27-13-12-17-6-1-2-8-19(17)15-27/h1-2,5-6,8-9,11,20,28H,3-4,7,10,12-16H2,(H3,24,25,26). The Morgan fingerprint density at radius 3 is 2.71 bits per heavy atom. The quantitative estimate of drug-likeness (QED) is 0.552. The van der Waals surface area contributed by atoms with Gasteiger partial charge in [0, 0.05) is 25.3 Å². The molecule has 0 saturated carbocycles. The summed E-state index contributed by atoms with van der Waals surface area (Å²) in [7, 11) is 0. The lowest BCUT2D eigenvalue weighted by molar-refractivity contribution is 0.112. The summed E-state index contributed by atoms with van der Waals surface area (Å²) in [6.45, 7) is 2.79. The molecule has 1 aliphatic carbocycles. The molecule has 1 atom stereocenters. The molecule has 2 aromatic carbocycles. The maximum Gasteiger partial charge on any atom is 0.193 e. The zero-order valence-corrected chi connectivity index (χ0v) is 16.4. The zero-order chi connectivity index (χ0) is 19.3. The van der Waals surface area contributed by atoms with Crippen molar-refractivity contribution >= 4 is 11.6 Å². The molecule has 0 radical (unpaired) electrons. The van der Waals surface area contributed by atoms with Gasteiger partial charge in [0.15, 0.2) is 5.96 Å². The van der Waals surface area contributed by atoms with Crippen molar-refractivity contribution in [3.05, 3.63) is 64.7 Å². The number of aliphatic hydroxyl groups excluding tert-OH is 1. The van der Waals surface area contributed by atoms with Crippen molar-refractivity contribution in [2.45, 2.75) is 44.8 Å². The van der Waals surface area contributed by atoms with Gasteiger partial charge in [-0.25, -0.2) is 0 Å². The number of aliphatic hydroxyl groups is 1. The second kappa shape index (κ2) is 8.76. The van der Waals surface area contributed by atoms with Gasteiger partial charge in [0.2, 0.25) is 0 Å². The van der Waals surface area contributed by atoms with Crippen molar-refractivity contribution in [1.82, 2.24) is 4.90 Å². The van der Waals surface area contributed by atoms with Crippen molar-refractivity contribution in [3.63, 3.8) is 0 Å². The largest absolute Gasteiger partial charge is 0.390 e. The van der Waals surface area contributed by atoms with Crippen LogP contribution in [-0.2, 0) is 25.8 Å². The Morgan fingerprint density at radius 1 is 1.04 bits per heavy atom. The van der Waals surface area contributed by atoms with Crippen LogP contribution < -0.4 is 11.1 Å². The molecule has 0 fully saturated rings. The zero-order valence-electron chi connectivity index (χ0n) is 16.4. The Kier molecular flexibility index (Phi) is 5.93. The number of hydrogen-bond donors (Lipinski definition) is 3. The maximum absolute atomic E-state index is 10.4. The van der Waals surface area contributed by atoms with Crippen LogP contribution in [0.25, 0.3) is 0 Å². The Bertz CT molecular complexity index is 848. The Labute approximate surface area is 167 Å². The number of anilines is 1. The Hall–Kier alpha value is -2.37. The summed E-state index contributed by atoms with van der Waals surface area (Å²) >= 11 is 0. The van der Waals surface area contributed by atoms with Gasteiger partial charge in [-0.3, -0.25) is 9.89 Å². The average molecular weight is 379 g/mol. The second-order valence-electron chi connectivity index (χ2n) is 7.91. The van der Waals surface area contributed by atoms with Crippen LogP contribution in [0.15, 0.2) is 47.5 Å². The first-order valence-electron chi connectivity index (χ1n) is 10.3. The number of nitrogens with two attached hydrogens (primary N) is 1. The van der Waals surface area contributed by atoms with E-state index in [9.17, 15) is 5.11 Å². The highest BCUT2D eigenvalue weighted by Gasteiger charge is 2.18. The highest BCUT2D eigenvalue weighted by Crippen LogP contribution is 2.27. The number of benzene rings is 2. The first-order valence-corrected chi connectivity index (χ1v) is 10.3. The predicted molar refractivity (Wildman–Crippen MR) is 115 cm³/mol. The van der Waals surface area contributed by atoms with Crippen LogP contribution in [0.3, 0.4) is 0 Å². The smallest absolute Gasteiger partial charge is 0.193 e. The summed E-state index contributed by atoms with van der Waals surface area (Å²) in [4.78, 5) is 6.68. The highest BCUT2D eigenvalue weighted by atomic mass is 16.3. The first kappa shape index (κ1) is 19.0. The Balaban J connectivity index is 1.31. The molecule has 0 amide bonds. The molecule has 148 valence electrons. The van der Waals surface area contributed by atoms with Crippen LogP contribution in [0.4, 0.5) is 5.69 Å². The normalized spacial score (nSPS) is 18.2. The molecule has 5 heteroatoms.